The molecular weight excluding hydrogens is 256 g/mol. The molecule has 1 saturated heterocycles. The summed E-state index contributed by atoms with van der Waals surface area (Å²) in [5, 5.41) is 12.2. The summed E-state index contributed by atoms with van der Waals surface area (Å²) in [6.07, 6.45) is 2.01. The summed E-state index contributed by atoms with van der Waals surface area (Å²) in [6.45, 7) is 5.15. The van der Waals surface area contributed by atoms with Crippen molar-refractivity contribution in [1.82, 2.24) is 4.90 Å². The molecule has 1 atom stereocenters. The Balaban J connectivity index is 2.02. The van der Waals surface area contributed by atoms with Crippen LogP contribution in [0.1, 0.15) is 25.3 Å². The summed E-state index contributed by atoms with van der Waals surface area (Å²) in [5.41, 5.74) is 1.15. The van der Waals surface area contributed by atoms with Gasteiger partial charge in [0.2, 0.25) is 0 Å². The van der Waals surface area contributed by atoms with E-state index in [9.17, 15) is 14.7 Å². The van der Waals surface area contributed by atoms with E-state index in [1.165, 1.54) is 0 Å². The van der Waals surface area contributed by atoms with Crippen molar-refractivity contribution in [3.8, 4) is 5.75 Å². The van der Waals surface area contributed by atoms with Crippen LogP contribution >= 0.6 is 0 Å². The zero-order valence-corrected chi connectivity index (χ0v) is 11.8. The van der Waals surface area contributed by atoms with Gasteiger partial charge in [0, 0.05) is 13.1 Å². The highest BCUT2D eigenvalue weighted by Gasteiger charge is 2.26. The van der Waals surface area contributed by atoms with Crippen LogP contribution in [-0.4, -0.2) is 34.9 Å². The van der Waals surface area contributed by atoms with Gasteiger partial charge in [0.15, 0.2) is 0 Å². The summed E-state index contributed by atoms with van der Waals surface area (Å²) in [7, 11) is 0. The summed E-state index contributed by atoms with van der Waals surface area (Å²) in [6, 6.07) is 4.90. The number of carbonyl (C=O) groups is 2. The molecule has 2 rings (SSSR count). The Morgan fingerprint density at radius 3 is 2.80 bits per heavy atom. The molecule has 0 radical (unpaired) electrons. The fourth-order valence-corrected chi connectivity index (χ4v) is 2.44. The molecule has 1 fully saturated rings. The Morgan fingerprint density at radius 2 is 2.15 bits per heavy atom. The van der Waals surface area contributed by atoms with Crippen molar-refractivity contribution in [1.29, 1.82) is 0 Å². The average molecular weight is 276 g/mol. The number of phenols is 1. The van der Waals surface area contributed by atoms with Crippen LogP contribution in [0.2, 0.25) is 0 Å². The van der Waals surface area contributed by atoms with Crippen molar-refractivity contribution >= 4 is 17.5 Å². The fraction of sp³-hybridized carbons (Fsp3) is 0.467. The van der Waals surface area contributed by atoms with Gasteiger partial charge in [-0.3, -0.25) is 9.59 Å². The first-order chi connectivity index (χ1) is 9.47. The number of anilines is 1. The Labute approximate surface area is 118 Å². The molecule has 1 aromatic carbocycles. The molecule has 2 N–H and O–H groups in total. The van der Waals surface area contributed by atoms with Crippen LogP contribution < -0.4 is 5.32 Å². The SMILES string of the molecule is Cc1ccc(NC(=O)C(=O)N2CCCC(C)C2)c(O)c1. The Kier molecular flexibility index (Phi) is 4.27. The van der Waals surface area contributed by atoms with Gasteiger partial charge in [0.1, 0.15) is 5.75 Å². The summed E-state index contributed by atoms with van der Waals surface area (Å²) in [4.78, 5) is 25.6. The van der Waals surface area contributed by atoms with Gasteiger partial charge < -0.3 is 15.3 Å². The van der Waals surface area contributed by atoms with Gasteiger partial charge in [-0.1, -0.05) is 13.0 Å². The van der Waals surface area contributed by atoms with Crippen LogP contribution in [0.15, 0.2) is 18.2 Å². The molecule has 0 saturated carbocycles. The predicted octanol–water partition coefficient (Wildman–Crippen LogP) is 1.90. The molecule has 1 unspecified atom stereocenters. The minimum atomic E-state index is -0.696. The maximum Gasteiger partial charge on any atom is 0.314 e. The Hall–Kier alpha value is -2.04. The van der Waals surface area contributed by atoms with E-state index in [4.69, 9.17) is 0 Å². The molecule has 1 aliphatic heterocycles. The zero-order valence-electron chi connectivity index (χ0n) is 11.8. The number of hydrogen-bond acceptors (Lipinski definition) is 3. The van der Waals surface area contributed by atoms with E-state index in [-0.39, 0.29) is 11.4 Å². The third-order valence-corrected chi connectivity index (χ3v) is 3.54. The maximum absolute atomic E-state index is 12.1. The molecule has 0 bridgehead atoms. The van der Waals surface area contributed by atoms with Gasteiger partial charge in [-0.25, -0.2) is 0 Å². The molecule has 0 aromatic heterocycles. The first kappa shape index (κ1) is 14.4. The lowest BCUT2D eigenvalue weighted by atomic mass is 10.0. The summed E-state index contributed by atoms with van der Waals surface area (Å²) >= 11 is 0. The molecule has 0 aliphatic carbocycles. The number of likely N-dealkylation sites (tertiary alicyclic amines) is 1. The molecule has 1 aromatic rings. The molecule has 5 heteroatoms. The second-order valence-electron chi connectivity index (χ2n) is 5.47. The van der Waals surface area contributed by atoms with Crippen molar-refractivity contribution < 1.29 is 14.7 Å². The minimum Gasteiger partial charge on any atom is -0.506 e. The number of rotatable bonds is 1. The average Bonchev–Trinajstić information content (AvgIpc) is 2.41. The van der Waals surface area contributed by atoms with Crippen LogP contribution in [0.25, 0.3) is 0 Å². The number of piperidine rings is 1. The largest absolute Gasteiger partial charge is 0.506 e. The third kappa shape index (κ3) is 3.29. The van der Waals surface area contributed by atoms with Crippen LogP contribution in [-0.2, 0) is 9.59 Å². The van der Waals surface area contributed by atoms with Crippen LogP contribution in [0.5, 0.6) is 5.75 Å². The first-order valence-electron chi connectivity index (χ1n) is 6.87. The summed E-state index contributed by atoms with van der Waals surface area (Å²) in [5.74, 6) is -0.832. The van der Waals surface area contributed by atoms with E-state index in [1.54, 1.807) is 23.1 Å². The van der Waals surface area contributed by atoms with E-state index < -0.39 is 11.8 Å². The number of carbonyl (C=O) groups excluding carboxylic acids is 2. The molecule has 0 spiro atoms. The van der Waals surface area contributed by atoms with E-state index in [1.807, 2.05) is 6.92 Å². The van der Waals surface area contributed by atoms with Crippen molar-refractivity contribution in [2.45, 2.75) is 26.7 Å². The van der Waals surface area contributed by atoms with Crippen molar-refractivity contribution in [2.75, 3.05) is 18.4 Å². The molecule has 1 aliphatic rings. The fourth-order valence-electron chi connectivity index (χ4n) is 2.44. The van der Waals surface area contributed by atoms with Gasteiger partial charge in [0.05, 0.1) is 5.69 Å². The van der Waals surface area contributed by atoms with Crippen LogP contribution in [0.3, 0.4) is 0 Å². The number of amides is 2. The maximum atomic E-state index is 12.1. The van der Waals surface area contributed by atoms with Gasteiger partial charge in [-0.2, -0.15) is 0 Å². The molecular formula is C15H20N2O3. The van der Waals surface area contributed by atoms with Crippen LogP contribution in [0.4, 0.5) is 5.69 Å². The predicted molar refractivity (Wildman–Crippen MR) is 76.5 cm³/mol. The van der Waals surface area contributed by atoms with Crippen molar-refractivity contribution in [3.63, 3.8) is 0 Å². The lowest BCUT2D eigenvalue weighted by molar-refractivity contribution is -0.144. The second kappa shape index (κ2) is 5.94. The lowest BCUT2D eigenvalue weighted by Crippen LogP contribution is -2.44. The number of phenolic OH excluding ortho intramolecular Hbond substituents is 1. The molecule has 108 valence electrons. The van der Waals surface area contributed by atoms with E-state index >= 15 is 0 Å². The van der Waals surface area contributed by atoms with E-state index in [0.29, 0.717) is 19.0 Å². The lowest BCUT2D eigenvalue weighted by Gasteiger charge is -2.30. The van der Waals surface area contributed by atoms with Gasteiger partial charge >= 0.3 is 11.8 Å². The van der Waals surface area contributed by atoms with E-state index in [0.717, 1.165) is 18.4 Å². The smallest absolute Gasteiger partial charge is 0.314 e. The topological polar surface area (TPSA) is 69.6 Å². The Morgan fingerprint density at radius 1 is 1.40 bits per heavy atom. The normalized spacial score (nSPS) is 18.7. The zero-order chi connectivity index (χ0) is 14.7. The molecule has 1 heterocycles. The van der Waals surface area contributed by atoms with Gasteiger partial charge in [-0.05, 0) is 43.4 Å². The second-order valence-corrected chi connectivity index (χ2v) is 5.47. The monoisotopic (exact) mass is 276 g/mol. The highest BCUT2D eigenvalue weighted by Crippen LogP contribution is 2.24. The number of benzene rings is 1. The number of nitrogens with zero attached hydrogens (tertiary/aromatic N) is 1. The quantitative estimate of drug-likeness (QED) is 0.608. The minimum absolute atomic E-state index is 0.0295. The van der Waals surface area contributed by atoms with Crippen molar-refractivity contribution in [3.05, 3.63) is 23.8 Å². The first-order valence-corrected chi connectivity index (χ1v) is 6.87. The molecule has 5 nitrogen and oxygen atoms in total. The third-order valence-electron chi connectivity index (χ3n) is 3.54. The van der Waals surface area contributed by atoms with E-state index in [2.05, 4.69) is 12.2 Å². The van der Waals surface area contributed by atoms with Crippen molar-refractivity contribution in [2.24, 2.45) is 5.92 Å². The standard InChI is InChI=1S/C15H20N2O3/c1-10-5-6-12(13(18)8-10)16-14(19)15(20)17-7-3-4-11(2)9-17/h5-6,8,11,18H,3-4,7,9H2,1-2H3,(H,16,19). The number of hydrogen-bond donors (Lipinski definition) is 2. The number of nitrogens with one attached hydrogen (secondary N) is 1. The molecule has 2 amide bonds. The van der Waals surface area contributed by atoms with Crippen LogP contribution in [0, 0.1) is 12.8 Å². The number of aryl methyl sites for hydroxylation is 1. The highest BCUT2D eigenvalue weighted by atomic mass is 16.3. The van der Waals surface area contributed by atoms with Gasteiger partial charge in [0.25, 0.3) is 0 Å². The van der Waals surface area contributed by atoms with Gasteiger partial charge in [-0.15, -0.1) is 0 Å². The number of aromatic hydroxyl groups is 1. The Bertz CT molecular complexity index is 528. The highest BCUT2D eigenvalue weighted by molar-refractivity contribution is 6.39. The molecule has 20 heavy (non-hydrogen) atoms. The summed E-state index contributed by atoms with van der Waals surface area (Å²) < 4.78 is 0.